The fourth-order valence-electron chi connectivity index (χ4n) is 5.77. The van der Waals surface area contributed by atoms with Gasteiger partial charge in [0.1, 0.15) is 19.0 Å². The third kappa shape index (κ3) is 8.43. The maximum atomic E-state index is 11.5. The first-order chi connectivity index (χ1) is 20.0. The average Bonchev–Trinajstić information content (AvgIpc) is 3.03. The molecular weight excluding hydrogens is 508 g/mol. The fourth-order valence-corrected chi connectivity index (χ4v) is 5.77. The van der Waals surface area contributed by atoms with Gasteiger partial charge in [0.15, 0.2) is 0 Å². The average molecular weight is 553 g/mol. The van der Waals surface area contributed by atoms with Crippen molar-refractivity contribution in [1.29, 1.82) is 0 Å². The summed E-state index contributed by atoms with van der Waals surface area (Å²) >= 11 is 0. The van der Waals surface area contributed by atoms with Crippen molar-refractivity contribution >= 4 is 5.97 Å². The quantitative estimate of drug-likeness (QED) is 0.0997. The first-order valence-corrected chi connectivity index (χ1v) is 15.1. The summed E-state index contributed by atoms with van der Waals surface area (Å²) in [6, 6.07) is 24.0. The molecule has 0 saturated heterocycles. The van der Waals surface area contributed by atoms with Crippen LogP contribution in [0.25, 0.3) is 22.3 Å². The Morgan fingerprint density at radius 3 is 2.27 bits per heavy atom. The molecule has 0 heterocycles. The van der Waals surface area contributed by atoms with Gasteiger partial charge in [-0.25, -0.2) is 4.79 Å². The summed E-state index contributed by atoms with van der Waals surface area (Å²) in [7, 11) is 0. The largest absolute Gasteiger partial charge is 0.490 e. The van der Waals surface area contributed by atoms with Crippen LogP contribution >= 0.6 is 0 Å². The number of hydrogen-bond acceptors (Lipinski definition) is 4. The van der Waals surface area contributed by atoms with Crippen LogP contribution in [0, 0.1) is 5.92 Å². The molecule has 1 aliphatic carbocycles. The molecule has 3 aromatic carbocycles. The molecule has 0 radical (unpaired) electrons. The minimum atomic E-state index is -0.605. The number of carbonyl (C=O) groups is 1. The Balaban J connectivity index is 1.34. The minimum absolute atomic E-state index is 0.0349. The molecule has 216 valence electrons. The van der Waals surface area contributed by atoms with E-state index in [9.17, 15) is 4.79 Å². The predicted octanol–water partition coefficient (Wildman–Crippen LogP) is 8.68. The van der Waals surface area contributed by atoms with Gasteiger partial charge in [-0.1, -0.05) is 80.3 Å². The molecule has 0 bridgehead atoms. The lowest BCUT2D eigenvalue weighted by molar-refractivity contribution is -0.140. The van der Waals surface area contributed by atoms with Crippen molar-refractivity contribution in [1.82, 2.24) is 0 Å². The first-order valence-electron chi connectivity index (χ1n) is 15.1. The van der Waals surface area contributed by atoms with Crippen LogP contribution in [0.5, 0.6) is 5.75 Å². The lowest BCUT2D eigenvalue weighted by Crippen LogP contribution is -2.14. The highest BCUT2D eigenvalue weighted by atomic mass is 16.6. The Kier molecular flexibility index (Phi) is 11.4. The van der Waals surface area contributed by atoms with Gasteiger partial charge in [0.2, 0.25) is 0 Å². The number of allylic oxidation sites excluding steroid dienone is 2. The van der Waals surface area contributed by atoms with E-state index in [1.54, 1.807) is 0 Å². The van der Waals surface area contributed by atoms with Gasteiger partial charge in [-0.05, 0) is 109 Å². The van der Waals surface area contributed by atoms with Crippen LogP contribution in [0.15, 0.2) is 91.0 Å². The second-order valence-electron chi connectivity index (χ2n) is 11.0. The Hall–Kier alpha value is -3.63. The zero-order valence-corrected chi connectivity index (χ0v) is 24.6. The van der Waals surface area contributed by atoms with E-state index >= 15 is 0 Å². The van der Waals surface area contributed by atoms with Gasteiger partial charge in [0.25, 0.3) is 0 Å². The van der Waals surface area contributed by atoms with Gasteiger partial charge in [0.05, 0.1) is 12.2 Å². The molecule has 0 spiro atoms. The number of ether oxygens (including phenoxy) is 2. The Morgan fingerprint density at radius 1 is 0.927 bits per heavy atom. The summed E-state index contributed by atoms with van der Waals surface area (Å²) < 4.78 is 10.7. The summed E-state index contributed by atoms with van der Waals surface area (Å²) in [4.78, 5) is 11.5. The zero-order chi connectivity index (χ0) is 29.0. The lowest BCUT2D eigenvalue weighted by Gasteiger charge is -2.28. The van der Waals surface area contributed by atoms with E-state index in [4.69, 9.17) is 14.6 Å². The van der Waals surface area contributed by atoms with Crippen LogP contribution in [0.4, 0.5) is 0 Å². The molecule has 0 amide bonds. The van der Waals surface area contributed by atoms with E-state index < -0.39 is 12.6 Å². The van der Waals surface area contributed by atoms with Gasteiger partial charge < -0.3 is 14.6 Å². The minimum Gasteiger partial charge on any atom is -0.490 e. The highest BCUT2D eigenvalue weighted by molar-refractivity contribution is 5.87. The lowest BCUT2D eigenvalue weighted by atomic mass is 9.77. The number of aryl methyl sites for hydroxylation is 1. The van der Waals surface area contributed by atoms with Crippen molar-refractivity contribution in [3.8, 4) is 28.0 Å². The molecule has 3 aromatic rings. The van der Waals surface area contributed by atoms with Crippen LogP contribution in [-0.4, -0.2) is 30.9 Å². The Bertz CT molecular complexity index is 1300. The highest BCUT2D eigenvalue weighted by Crippen LogP contribution is 2.38. The van der Waals surface area contributed by atoms with E-state index in [0.29, 0.717) is 11.7 Å². The molecular formula is C37H44O4. The molecule has 4 nitrogen and oxygen atoms in total. The monoisotopic (exact) mass is 552 g/mol. The predicted molar refractivity (Wildman–Crippen MR) is 168 cm³/mol. The SMILES string of the molecule is C=C(CO)C(=O)OCCOc1ccc(-c2ccc(-c3ccc(C4CCC(CC/C=C/C)CC4)cc3)c(CC)c2)cc1. The Labute approximate surface area is 245 Å². The third-order valence-electron chi connectivity index (χ3n) is 8.26. The molecule has 0 aliphatic heterocycles. The van der Waals surface area contributed by atoms with Crippen molar-refractivity contribution in [2.75, 3.05) is 19.8 Å². The van der Waals surface area contributed by atoms with Crippen LogP contribution in [0.2, 0.25) is 0 Å². The molecule has 4 rings (SSSR count). The number of hydrogen-bond donors (Lipinski definition) is 1. The fraction of sp³-hybridized carbons (Fsp3) is 0.378. The van der Waals surface area contributed by atoms with Gasteiger partial charge in [-0.15, -0.1) is 0 Å². The van der Waals surface area contributed by atoms with Crippen molar-refractivity contribution in [3.05, 3.63) is 102 Å². The summed E-state index contributed by atoms with van der Waals surface area (Å²) in [6.45, 7) is 7.69. The second-order valence-corrected chi connectivity index (χ2v) is 11.0. The number of benzene rings is 3. The molecule has 4 heteroatoms. The number of aliphatic hydroxyl groups excluding tert-OH is 1. The van der Waals surface area contributed by atoms with Crippen LogP contribution in [-0.2, 0) is 16.0 Å². The summed E-state index contributed by atoms with van der Waals surface area (Å²) in [5.74, 6) is 1.70. The van der Waals surface area contributed by atoms with Gasteiger partial charge >= 0.3 is 5.97 Å². The Morgan fingerprint density at radius 2 is 1.61 bits per heavy atom. The maximum Gasteiger partial charge on any atom is 0.335 e. The van der Waals surface area contributed by atoms with Crippen molar-refractivity contribution in [3.63, 3.8) is 0 Å². The van der Waals surface area contributed by atoms with Gasteiger partial charge in [-0.2, -0.15) is 0 Å². The number of esters is 1. The molecule has 0 atom stereocenters. The van der Waals surface area contributed by atoms with Gasteiger partial charge in [0, 0.05) is 0 Å². The van der Waals surface area contributed by atoms with Crippen molar-refractivity contribution in [2.45, 2.75) is 64.7 Å². The molecule has 1 aliphatic rings. The van der Waals surface area contributed by atoms with E-state index in [1.165, 1.54) is 66.3 Å². The smallest absolute Gasteiger partial charge is 0.335 e. The topological polar surface area (TPSA) is 55.8 Å². The van der Waals surface area contributed by atoms with Crippen molar-refractivity contribution < 1.29 is 19.4 Å². The molecule has 0 aromatic heterocycles. The van der Waals surface area contributed by atoms with E-state index in [1.807, 2.05) is 24.3 Å². The molecule has 1 fully saturated rings. The number of carbonyl (C=O) groups excluding carboxylic acids is 1. The molecule has 1 saturated carbocycles. The number of aliphatic hydroxyl groups is 1. The third-order valence-corrected chi connectivity index (χ3v) is 8.26. The standard InChI is InChI=1S/C37H44O4/c1-4-6-7-8-28-9-11-30(12-10-28)31-13-15-33(16-14-31)36-22-19-34(25-29(36)5-2)32-17-20-35(21-18-32)40-23-24-41-37(39)27(3)26-38/h4,6,13-22,25,28,30,38H,3,5,7-12,23-24,26H2,1-2H3/b6-4+. The molecule has 0 unspecified atom stereocenters. The zero-order valence-electron chi connectivity index (χ0n) is 24.6. The summed E-state index contributed by atoms with van der Waals surface area (Å²) in [5.41, 5.74) is 7.75. The highest BCUT2D eigenvalue weighted by Gasteiger charge is 2.22. The van der Waals surface area contributed by atoms with Crippen LogP contribution in [0.3, 0.4) is 0 Å². The van der Waals surface area contributed by atoms with E-state index in [-0.39, 0.29) is 18.8 Å². The summed E-state index contributed by atoms with van der Waals surface area (Å²) in [6.07, 6.45) is 13.3. The normalized spacial score (nSPS) is 17.0. The van der Waals surface area contributed by atoms with E-state index in [2.05, 4.69) is 75.0 Å². The van der Waals surface area contributed by atoms with Crippen LogP contribution < -0.4 is 4.74 Å². The van der Waals surface area contributed by atoms with Gasteiger partial charge in [-0.3, -0.25) is 0 Å². The maximum absolute atomic E-state index is 11.5. The number of rotatable bonds is 13. The summed E-state index contributed by atoms with van der Waals surface area (Å²) in [5, 5.41) is 8.92. The van der Waals surface area contributed by atoms with E-state index in [0.717, 1.165) is 17.9 Å². The first kappa shape index (κ1) is 30.3. The van der Waals surface area contributed by atoms with Crippen LogP contribution in [0.1, 0.15) is 69.4 Å². The molecule has 1 N–H and O–H groups in total. The second kappa shape index (κ2) is 15.4. The van der Waals surface area contributed by atoms with Crippen molar-refractivity contribution in [2.24, 2.45) is 5.92 Å². The molecule has 41 heavy (non-hydrogen) atoms.